The Morgan fingerprint density at radius 3 is 2.39 bits per heavy atom. The molecule has 3 nitrogen and oxygen atoms in total. The highest BCUT2D eigenvalue weighted by atomic mass is 35.5. The molecule has 1 aromatic rings. The third-order valence-electron chi connectivity index (χ3n) is 4.03. The number of hydrogen-bond acceptors (Lipinski definition) is 2. The first-order valence-corrected chi connectivity index (χ1v) is 6.50. The molecule has 0 radical (unpaired) electrons. The molecule has 0 atom stereocenters. The van der Waals surface area contributed by atoms with E-state index in [4.69, 9.17) is 11.6 Å². The lowest BCUT2D eigenvalue weighted by atomic mass is 9.75. The number of carboxylic acids is 1. The maximum absolute atomic E-state index is 11.7. The van der Waals surface area contributed by atoms with E-state index in [-0.39, 0.29) is 5.75 Å². The van der Waals surface area contributed by atoms with Gasteiger partial charge in [-0.2, -0.15) is 0 Å². The van der Waals surface area contributed by atoms with E-state index in [0.29, 0.717) is 29.0 Å². The molecule has 1 fully saturated rings. The van der Waals surface area contributed by atoms with E-state index >= 15 is 0 Å². The summed E-state index contributed by atoms with van der Waals surface area (Å²) in [4.78, 5) is 11.7. The molecule has 0 spiro atoms. The quantitative estimate of drug-likeness (QED) is 0.862. The fraction of sp³-hybridized carbons (Fsp3) is 0.500. The highest BCUT2D eigenvalue weighted by molar-refractivity contribution is 6.31. The molecule has 1 aliphatic carbocycles. The summed E-state index contributed by atoms with van der Waals surface area (Å²) in [6.45, 7) is 3.52. The lowest BCUT2D eigenvalue weighted by Gasteiger charge is -2.28. The molecule has 0 amide bonds. The Bertz CT molecular complexity index is 502. The van der Waals surface area contributed by atoms with Gasteiger partial charge in [0.05, 0.1) is 5.41 Å². The predicted octanol–water partition coefficient (Wildman–Crippen LogP) is 3.56. The van der Waals surface area contributed by atoms with Gasteiger partial charge in [0, 0.05) is 16.1 Å². The van der Waals surface area contributed by atoms with Crippen molar-refractivity contribution in [3.05, 3.63) is 27.8 Å². The largest absolute Gasteiger partial charge is 0.507 e. The topological polar surface area (TPSA) is 57.5 Å². The zero-order chi connectivity index (χ0) is 13.5. The van der Waals surface area contributed by atoms with E-state index in [9.17, 15) is 15.0 Å². The van der Waals surface area contributed by atoms with Crippen molar-refractivity contribution >= 4 is 17.6 Å². The Labute approximate surface area is 111 Å². The summed E-state index contributed by atoms with van der Waals surface area (Å²) in [5, 5.41) is 20.3. The van der Waals surface area contributed by atoms with Gasteiger partial charge < -0.3 is 10.2 Å². The molecule has 4 heteroatoms. The van der Waals surface area contributed by atoms with E-state index in [1.165, 1.54) is 0 Å². The summed E-state index contributed by atoms with van der Waals surface area (Å²) in [6, 6.07) is 1.74. The summed E-state index contributed by atoms with van der Waals surface area (Å²) >= 11 is 6.02. The zero-order valence-corrected chi connectivity index (χ0v) is 11.3. The molecule has 0 aliphatic heterocycles. The van der Waals surface area contributed by atoms with E-state index in [1.807, 2.05) is 6.92 Å². The summed E-state index contributed by atoms with van der Waals surface area (Å²) in [5.74, 6) is -0.801. The minimum absolute atomic E-state index is 0.0456. The van der Waals surface area contributed by atoms with Gasteiger partial charge in [-0.3, -0.25) is 4.79 Å². The van der Waals surface area contributed by atoms with E-state index in [2.05, 4.69) is 0 Å². The van der Waals surface area contributed by atoms with Gasteiger partial charge in [-0.25, -0.2) is 0 Å². The van der Waals surface area contributed by atoms with Crippen molar-refractivity contribution < 1.29 is 15.0 Å². The van der Waals surface area contributed by atoms with E-state index in [1.54, 1.807) is 13.0 Å². The number of carbonyl (C=O) groups is 1. The Hall–Kier alpha value is -1.22. The van der Waals surface area contributed by atoms with Gasteiger partial charge in [0.2, 0.25) is 0 Å². The molecule has 1 aromatic carbocycles. The second kappa shape index (κ2) is 4.47. The number of aromatic hydroxyl groups is 1. The van der Waals surface area contributed by atoms with Gasteiger partial charge in [-0.05, 0) is 38.3 Å². The first kappa shape index (κ1) is 13.2. The molecule has 1 aliphatic rings. The number of aryl methyl sites for hydroxylation is 1. The van der Waals surface area contributed by atoms with Gasteiger partial charge in [0.15, 0.2) is 0 Å². The minimum Gasteiger partial charge on any atom is -0.507 e. The molecule has 0 saturated heterocycles. The van der Waals surface area contributed by atoms with Crippen molar-refractivity contribution in [3.8, 4) is 5.75 Å². The molecule has 1 saturated carbocycles. The van der Waals surface area contributed by atoms with Gasteiger partial charge in [0.25, 0.3) is 0 Å². The fourth-order valence-corrected chi connectivity index (χ4v) is 3.26. The zero-order valence-electron chi connectivity index (χ0n) is 10.6. The van der Waals surface area contributed by atoms with Crippen LogP contribution in [-0.2, 0) is 10.2 Å². The van der Waals surface area contributed by atoms with Crippen molar-refractivity contribution in [3.63, 3.8) is 0 Å². The number of carboxylic acid groups (broad SMARTS) is 1. The molecule has 0 unspecified atom stereocenters. The summed E-state index contributed by atoms with van der Waals surface area (Å²) in [5.41, 5.74) is 0.926. The van der Waals surface area contributed by atoms with E-state index < -0.39 is 11.4 Å². The standard InChI is InChI=1S/C14H17ClO3/c1-8-7-10(15)9(2)12(16)11(8)14(13(17)18)5-3-4-6-14/h7,16H,3-6H2,1-2H3,(H,17,18). The summed E-state index contributed by atoms with van der Waals surface area (Å²) in [6.07, 6.45) is 2.93. The lowest BCUT2D eigenvalue weighted by Crippen LogP contribution is -2.33. The van der Waals surface area contributed by atoms with Crippen LogP contribution in [-0.4, -0.2) is 16.2 Å². The molecular formula is C14H17ClO3. The average Bonchev–Trinajstić information content (AvgIpc) is 2.76. The molecule has 2 rings (SSSR count). The van der Waals surface area contributed by atoms with Crippen molar-refractivity contribution in [2.75, 3.05) is 0 Å². The Balaban J connectivity index is 2.70. The lowest BCUT2D eigenvalue weighted by molar-refractivity contribution is -0.143. The molecule has 2 N–H and O–H groups in total. The molecule has 0 aromatic heterocycles. The molecule has 18 heavy (non-hydrogen) atoms. The van der Waals surface area contributed by atoms with Gasteiger partial charge in [-0.1, -0.05) is 24.4 Å². The van der Waals surface area contributed by atoms with Crippen molar-refractivity contribution in [1.29, 1.82) is 0 Å². The number of phenolic OH excluding ortho intramolecular Hbond substituents is 1. The van der Waals surface area contributed by atoms with Gasteiger partial charge >= 0.3 is 5.97 Å². The van der Waals surface area contributed by atoms with Crippen LogP contribution in [0.4, 0.5) is 0 Å². The number of halogens is 1. The predicted molar refractivity (Wildman–Crippen MR) is 70.4 cm³/mol. The van der Waals surface area contributed by atoms with Crippen LogP contribution in [0.25, 0.3) is 0 Å². The minimum atomic E-state index is -0.941. The highest BCUT2D eigenvalue weighted by Crippen LogP contribution is 2.48. The third-order valence-corrected chi connectivity index (χ3v) is 4.43. The van der Waals surface area contributed by atoms with Crippen LogP contribution in [0.15, 0.2) is 6.07 Å². The van der Waals surface area contributed by atoms with Crippen LogP contribution in [0.5, 0.6) is 5.75 Å². The highest BCUT2D eigenvalue weighted by Gasteiger charge is 2.45. The summed E-state index contributed by atoms with van der Waals surface area (Å²) < 4.78 is 0. The van der Waals surface area contributed by atoms with Crippen LogP contribution < -0.4 is 0 Å². The second-order valence-corrected chi connectivity index (χ2v) is 5.53. The summed E-state index contributed by atoms with van der Waals surface area (Å²) in [7, 11) is 0. The van der Waals surface area contributed by atoms with Gasteiger partial charge in [-0.15, -0.1) is 0 Å². The van der Waals surface area contributed by atoms with Crippen molar-refractivity contribution in [1.82, 2.24) is 0 Å². The van der Waals surface area contributed by atoms with Gasteiger partial charge in [0.1, 0.15) is 5.75 Å². The smallest absolute Gasteiger partial charge is 0.314 e. The third kappa shape index (κ3) is 1.77. The maximum Gasteiger partial charge on any atom is 0.314 e. The molecule has 98 valence electrons. The normalized spacial score (nSPS) is 17.9. The van der Waals surface area contributed by atoms with Crippen LogP contribution in [0, 0.1) is 13.8 Å². The van der Waals surface area contributed by atoms with Crippen molar-refractivity contribution in [2.45, 2.75) is 44.9 Å². The van der Waals surface area contributed by atoms with E-state index in [0.717, 1.165) is 18.4 Å². The monoisotopic (exact) mass is 268 g/mol. The molecule has 0 bridgehead atoms. The average molecular weight is 269 g/mol. The Morgan fingerprint density at radius 2 is 1.89 bits per heavy atom. The number of rotatable bonds is 2. The number of hydrogen-bond donors (Lipinski definition) is 2. The van der Waals surface area contributed by atoms with Crippen LogP contribution >= 0.6 is 11.6 Å². The van der Waals surface area contributed by atoms with Crippen LogP contribution in [0.1, 0.15) is 42.4 Å². The maximum atomic E-state index is 11.7. The first-order valence-electron chi connectivity index (χ1n) is 6.12. The SMILES string of the molecule is Cc1cc(Cl)c(C)c(O)c1C1(C(=O)O)CCCC1. The molecule has 0 heterocycles. The number of aliphatic carboxylic acids is 1. The molecular weight excluding hydrogens is 252 g/mol. The van der Waals surface area contributed by atoms with Crippen molar-refractivity contribution in [2.24, 2.45) is 0 Å². The van der Waals surface area contributed by atoms with Crippen LogP contribution in [0.2, 0.25) is 5.02 Å². The Kier molecular flexibility index (Phi) is 3.28. The number of phenols is 1. The second-order valence-electron chi connectivity index (χ2n) is 5.12. The Morgan fingerprint density at radius 1 is 1.33 bits per heavy atom. The van der Waals surface area contributed by atoms with Crippen LogP contribution in [0.3, 0.4) is 0 Å². The number of benzene rings is 1. The first-order chi connectivity index (χ1) is 8.40. The fourth-order valence-electron chi connectivity index (χ4n) is 3.01.